The Kier molecular flexibility index (Phi) is 4.21. The molecule has 1 aromatic carbocycles. The number of likely N-dealkylation sites (N-methyl/N-ethyl adjacent to an activating group) is 1. The van der Waals surface area contributed by atoms with Gasteiger partial charge in [0.05, 0.1) is 11.2 Å². The number of fused-ring (bicyclic) bond motifs is 1. The van der Waals surface area contributed by atoms with Crippen LogP contribution in [0.15, 0.2) is 47.0 Å². The quantitative estimate of drug-likeness (QED) is 0.343. The number of amides is 1. The summed E-state index contributed by atoms with van der Waals surface area (Å²) < 4.78 is 7.05. The number of aromatic nitrogens is 4. The van der Waals surface area contributed by atoms with Gasteiger partial charge >= 0.3 is 0 Å². The zero-order valence-corrected chi connectivity index (χ0v) is 18.9. The molecule has 1 fully saturated rings. The van der Waals surface area contributed by atoms with Crippen molar-refractivity contribution in [3.8, 4) is 22.5 Å². The molecule has 10 heteroatoms. The van der Waals surface area contributed by atoms with Gasteiger partial charge in [-0.3, -0.25) is 9.48 Å². The van der Waals surface area contributed by atoms with Crippen molar-refractivity contribution in [1.82, 2.24) is 24.8 Å². The average molecular weight is 666 g/mol. The predicted molar refractivity (Wildman–Crippen MR) is 110 cm³/mol. The van der Waals surface area contributed by atoms with Gasteiger partial charge in [-0.2, -0.15) is 5.10 Å². The number of rotatable bonds is 3. The van der Waals surface area contributed by atoms with Gasteiger partial charge in [0, 0.05) is 44.3 Å². The van der Waals surface area contributed by atoms with Crippen LogP contribution in [0.5, 0.6) is 0 Å². The van der Waals surface area contributed by atoms with E-state index >= 15 is 0 Å². The van der Waals surface area contributed by atoms with E-state index in [0.29, 0.717) is 23.6 Å². The number of nitrogen functional groups attached to an aromatic ring is 1. The Hall–Kier alpha value is -4.72. The fraction of sp³-hybridized carbons (Fsp3) is 0.238. The number of likely N-dealkylation sites (tertiary alicyclic amines) is 1. The molecule has 4 aromatic rings. The van der Waals surface area contributed by atoms with E-state index in [1.165, 1.54) is 4.90 Å². The third kappa shape index (κ3) is 2.85. The van der Waals surface area contributed by atoms with Gasteiger partial charge in [0.25, 0.3) is 5.91 Å². The van der Waals surface area contributed by atoms with E-state index in [4.69, 9.17) is 10.3 Å². The summed E-state index contributed by atoms with van der Waals surface area (Å²) in [6.07, 6.45) is 0.271. The van der Waals surface area contributed by atoms with Crippen LogP contribution in [0.25, 0.3) is 33.5 Å². The third-order valence-corrected chi connectivity index (χ3v) is 5.60. The van der Waals surface area contributed by atoms with Crippen LogP contribution in [0.1, 0.15) is 12.2 Å². The Labute approximate surface area is 171 Å². The number of benzene rings is 1. The van der Waals surface area contributed by atoms with Gasteiger partial charge in [-0.05, 0) is 18.2 Å². The number of nitrogens with zero attached hydrogens (tertiary/aromatic N) is 5. The summed E-state index contributed by atoms with van der Waals surface area (Å²) in [4.78, 5) is 18.4. The van der Waals surface area contributed by atoms with Crippen LogP contribution in [-0.2, 0) is 17.4 Å². The summed E-state index contributed by atoms with van der Waals surface area (Å²) in [6, 6.07) is 13.1. The van der Waals surface area contributed by atoms with Gasteiger partial charge < -0.3 is 20.3 Å². The van der Waals surface area contributed by atoms with Crippen LogP contribution in [-0.4, -0.2) is 49.4 Å². The molecule has 4 heterocycles. The number of aliphatic hydroxyl groups is 1. The number of hydrogen-bond donors (Lipinski definition) is 2. The molecular weight excluding hydrogens is 646 g/mol. The SMILES string of the molecule is CN1CCC(O)(c2cc(-c3cccc(-c4ccc5c(n4)c(N)nn5C)c3)no2)C1=O.[Lr]. The van der Waals surface area contributed by atoms with E-state index < -0.39 is 5.60 Å². The minimum absolute atomic E-state index is 0. The topological polar surface area (TPSA) is 123 Å². The van der Waals surface area contributed by atoms with E-state index in [-0.39, 0.29) is 18.1 Å². The number of aryl methyl sites for hydroxylation is 1. The number of carbonyl (C=O) groups excluding carboxylic acids is 1. The summed E-state index contributed by atoms with van der Waals surface area (Å²) in [5.74, 6) is 0.150. The maximum absolute atomic E-state index is 12.3. The number of anilines is 1. The minimum Gasteiger partial charge on any atom is -0.380 e. The van der Waals surface area contributed by atoms with Crippen molar-refractivity contribution in [3.05, 3.63) is 48.2 Å². The second-order valence-corrected chi connectivity index (χ2v) is 7.57. The third-order valence-electron chi connectivity index (χ3n) is 5.60. The normalized spacial score (nSPS) is 18.5. The van der Waals surface area contributed by atoms with Crippen molar-refractivity contribution in [1.29, 1.82) is 0 Å². The van der Waals surface area contributed by atoms with Crippen LogP contribution < -0.4 is 5.73 Å². The minimum atomic E-state index is -1.66. The van der Waals surface area contributed by atoms with Crippen molar-refractivity contribution in [2.75, 3.05) is 19.3 Å². The van der Waals surface area contributed by atoms with Crippen LogP contribution in [0.4, 0.5) is 5.82 Å². The van der Waals surface area contributed by atoms with Gasteiger partial charge in [0.15, 0.2) is 11.6 Å². The van der Waals surface area contributed by atoms with Crippen LogP contribution in [0.2, 0.25) is 0 Å². The first kappa shape index (κ1) is 19.6. The van der Waals surface area contributed by atoms with Crippen molar-refractivity contribution in [2.24, 2.45) is 7.05 Å². The van der Waals surface area contributed by atoms with E-state index in [9.17, 15) is 9.90 Å². The van der Waals surface area contributed by atoms with Gasteiger partial charge in [-0.1, -0.05) is 23.4 Å². The Morgan fingerprint density at radius 1 is 1.13 bits per heavy atom. The monoisotopic (exact) mass is 666 g/mol. The molecule has 0 aliphatic carbocycles. The maximum Gasteiger partial charge on any atom is 0.262 e. The molecule has 31 heavy (non-hydrogen) atoms. The molecule has 0 spiro atoms. The van der Waals surface area contributed by atoms with Gasteiger partial charge in [-0.15, -0.1) is 0 Å². The number of nitrogens with two attached hydrogens (primary N) is 1. The summed E-state index contributed by atoms with van der Waals surface area (Å²) in [6.45, 7) is 0.465. The molecule has 1 atom stereocenters. The van der Waals surface area contributed by atoms with Crippen molar-refractivity contribution in [3.63, 3.8) is 0 Å². The van der Waals surface area contributed by atoms with Crippen molar-refractivity contribution in [2.45, 2.75) is 12.0 Å². The van der Waals surface area contributed by atoms with E-state index in [1.54, 1.807) is 17.8 Å². The molecule has 1 amide bonds. The van der Waals surface area contributed by atoms with Gasteiger partial charge in [-0.25, -0.2) is 4.98 Å². The molecule has 5 rings (SSSR count). The summed E-state index contributed by atoms with van der Waals surface area (Å²) in [5.41, 5.74) is 8.74. The van der Waals surface area contributed by atoms with Crippen LogP contribution >= 0.6 is 0 Å². The average Bonchev–Trinajstić information content (AvgIpc) is 3.43. The van der Waals surface area contributed by atoms with Crippen LogP contribution in [0, 0.1) is 0 Å². The number of carbonyl (C=O) groups is 1. The first-order chi connectivity index (χ1) is 14.4. The largest absolute Gasteiger partial charge is 0.380 e. The first-order valence-electron chi connectivity index (χ1n) is 9.52. The predicted octanol–water partition coefficient (Wildman–Crippen LogP) is 1.92. The molecule has 3 aromatic heterocycles. The van der Waals surface area contributed by atoms with E-state index in [1.807, 2.05) is 43.4 Å². The zero-order chi connectivity index (χ0) is 21.0. The molecule has 9 nitrogen and oxygen atoms in total. The summed E-state index contributed by atoms with van der Waals surface area (Å²) in [7, 11) is 3.48. The molecule has 3 N–H and O–H groups in total. The second-order valence-electron chi connectivity index (χ2n) is 7.57. The molecule has 0 bridgehead atoms. The van der Waals surface area contributed by atoms with Crippen molar-refractivity contribution >= 4 is 22.8 Å². The summed E-state index contributed by atoms with van der Waals surface area (Å²) in [5, 5.41) is 19.1. The molecule has 0 saturated carbocycles. The number of pyridine rings is 1. The van der Waals surface area contributed by atoms with Gasteiger partial charge in [0.2, 0.25) is 5.60 Å². The standard InChI is InChI=1S/C21H20N6O3.Lr/c1-26-9-8-21(29,20(26)28)17-11-15(25-30-17)13-5-3-4-12(10-13)14-6-7-16-18(23-14)19(22)24-27(16)2;/h3-7,10-11,29H,8-9H2,1-2H3,(H2,22,24);. The number of hydrogen-bond acceptors (Lipinski definition) is 7. The fourth-order valence-electron chi connectivity index (χ4n) is 3.85. The van der Waals surface area contributed by atoms with Gasteiger partial charge in [0.1, 0.15) is 11.2 Å². The van der Waals surface area contributed by atoms with Crippen molar-refractivity contribution < 1.29 is 14.4 Å². The van der Waals surface area contributed by atoms with E-state index in [2.05, 4.69) is 15.2 Å². The Morgan fingerprint density at radius 3 is 2.58 bits per heavy atom. The molecule has 1 aliphatic heterocycles. The zero-order valence-electron chi connectivity index (χ0n) is 16.8. The molecule has 1 unspecified atom stereocenters. The second kappa shape index (κ2) is 6.67. The maximum atomic E-state index is 12.3. The molecule has 1 radical (unpaired) electrons. The smallest absolute Gasteiger partial charge is 0.262 e. The summed E-state index contributed by atoms with van der Waals surface area (Å²) >= 11 is 0. The Balaban J connectivity index is 0.00000231. The molecular formula is C21H20LrN6O3. The molecule has 1 saturated heterocycles. The molecule has 167 valence electrons. The Bertz CT molecular complexity index is 1300. The molecule has 1 aliphatic rings. The fourth-order valence-corrected chi connectivity index (χ4v) is 3.85. The van der Waals surface area contributed by atoms with Crippen LogP contribution in [0.3, 0.4) is 0 Å². The van der Waals surface area contributed by atoms with E-state index in [0.717, 1.165) is 22.3 Å². The first-order valence-corrected chi connectivity index (χ1v) is 9.52. The Morgan fingerprint density at radius 2 is 1.87 bits per heavy atom.